The van der Waals surface area contributed by atoms with Gasteiger partial charge in [0.15, 0.2) is 5.54 Å². The van der Waals surface area contributed by atoms with Crippen LogP contribution < -0.4 is 19.9 Å². The lowest BCUT2D eigenvalue weighted by atomic mass is 9.75. The van der Waals surface area contributed by atoms with Crippen LogP contribution in [0.2, 0.25) is 0 Å². The smallest absolute Gasteiger partial charge is 0.331 e. The van der Waals surface area contributed by atoms with Gasteiger partial charge in [0.1, 0.15) is 5.75 Å². The number of benzene rings is 3. The Labute approximate surface area is 222 Å². The standard InChI is InChI=1S/C30H31N3O5/c1-5-38-23-17-15-22(16-18-23)33-27(34)24-25(28(33)35)30(29(36)37-4,20-9-7-6-8-10-20)31-26(24)19-11-13-21(14-12-19)32(2)3/h6-18,24-26,31H,5H2,1-4H3. The number of imide groups is 1. The Hall–Kier alpha value is -4.17. The molecule has 2 saturated heterocycles. The molecule has 8 nitrogen and oxygen atoms in total. The van der Waals surface area contributed by atoms with Gasteiger partial charge >= 0.3 is 5.97 Å². The molecule has 1 N–H and O–H groups in total. The quantitative estimate of drug-likeness (QED) is 0.381. The molecule has 0 saturated carbocycles. The normalized spacial score (nSPS) is 24.3. The second-order valence-electron chi connectivity index (χ2n) is 9.72. The highest BCUT2D eigenvalue weighted by molar-refractivity contribution is 6.24. The first-order valence-corrected chi connectivity index (χ1v) is 12.6. The summed E-state index contributed by atoms with van der Waals surface area (Å²) in [6, 6.07) is 23.1. The van der Waals surface area contributed by atoms with E-state index >= 15 is 0 Å². The molecular weight excluding hydrogens is 482 g/mol. The Bertz CT molecular complexity index is 1340. The number of ether oxygens (including phenoxy) is 2. The summed E-state index contributed by atoms with van der Waals surface area (Å²) in [4.78, 5) is 45.0. The van der Waals surface area contributed by atoms with Gasteiger partial charge in [-0.15, -0.1) is 0 Å². The van der Waals surface area contributed by atoms with E-state index in [1.54, 1.807) is 48.5 Å². The number of carbonyl (C=O) groups is 3. The SMILES string of the molecule is CCOc1ccc(N2C(=O)C3C(c4ccc(N(C)C)cc4)NC(C(=O)OC)(c4ccccc4)C3C2=O)cc1. The number of esters is 1. The minimum absolute atomic E-state index is 0.361. The highest BCUT2D eigenvalue weighted by atomic mass is 16.5. The van der Waals surface area contributed by atoms with Crippen molar-refractivity contribution in [2.75, 3.05) is 37.6 Å². The van der Waals surface area contributed by atoms with Crippen LogP contribution in [0.1, 0.15) is 24.1 Å². The molecule has 5 rings (SSSR count). The van der Waals surface area contributed by atoms with E-state index in [-0.39, 0.29) is 5.91 Å². The van der Waals surface area contributed by atoms with E-state index in [4.69, 9.17) is 9.47 Å². The first kappa shape index (κ1) is 25.5. The predicted molar refractivity (Wildman–Crippen MR) is 144 cm³/mol. The number of hydrogen-bond donors (Lipinski definition) is 1. The second kappa shape index (κ2) is 9.95. The van der Waals surface area contributed by atoms with Crippen molar-refractivity contribution in [1.29, 1.82) is 0 Å². The Morgan fingerprint density at radius 2 is 1.61 bits per heavy atom. The lowest BCUT2D eigenvalue weighted by Crippen LogP contribution is -2.53. The van der Waals surface area contributed by atoms with Crippen LogP contribution in [0.4, 0.5) is 11.4 Å². The van der Waals surface area contributed by atoms with Gasteiger partial charge in [-0.2, -0.15) is 0 Å². The zero-order chi connectivity index (χ0) is 27.0. The monoisotopic (exact) mass is 513 g/mol. The number of carbonyl (C=O) groups excluding carboxylic acids is 3. The summed E-state index contributed by atoms with van der Waals surface area (Å²) in [5, 5.41) is 3.42. The van der Waals surface area contributed by atoms with Crippen molar-refractivity contribution >= 4 is 29.2 Å². The summed E-state index contributed by atoms with van der Waals surface area (Å²) in [5.41, 5.74) is 1.27. The molecule has 38 heavy (non-hydrogen) atoms. The molecule has 2 aliphatic heterocycles. The van der Waals surface area contributed by atoms with Gasteiger partial charge in [-0.3, -0.25) is 14.9 Å². The van der Waals surface area contributed by atoms with Crippen molar-refractivity contribution in [3.8, 4) is 5.75 Å². The molecular formula is C30H31N3O5. The fourth-order valence-electron chi connectivity index (χ4n) is 5.72. The summed E-state index contributed by atoms with van der Waals surface area (Å²) < 4.78 is 10.8. The number of nitrogens with zero attached hydrogens (tertiary/aromatic N) is 2. The molecule has 4 unspecified atom stereocenters. The van der Waals surface area contributed by atoms with Crippen LogP contribution in [0.15, 0.2) is 78.9 Å². The third-order valence-electron chi connectivity index (χ3n) is 7.47. The van der Waals surface area contributed by atoms with Crippen molar-refractivity contribution in [3.05, 3.63) is 90.0 Å². The third kappa shape index (κ3) is 3.92. The molecule has 3 aromatic carbocycles. The summed E-state index contributed by atoms with van der Waals surface area (Å²) in [5.74, 6) is -2.60. The number of amides is 2. The van der Waals surface area contributed by atoms with E-state index in [1.165, 1.54) is 12.0 Å². The van der Waals surface area contributed by atoms with Crippen LogP contribution in [0.25, 0.3) is 0 Å². The molecule has 0 spiro atoms. The van der Waals surface area contributed by atoms with E-state index in [9.17, 15) is 14.4 Å². The van der Waals surface area contributed by atoms with E-state index in [0.717, 1.165) is 11.3 Å². The second-order valence-corrected chi connectivity index (χ2v) is 9.72. The molecule has 2 heterocycles. The molecule has 2 fully saturated rings. The van der Waals surface area contributed by atoms with Gasteiger partial charge in [-0.25, -0.2) is 9.69 Å². The predicted octanol–water partition coefficient (Wildman–Crippen LogP) is 3.67. The van der Waals surface area contributed by atoms with Gasteiger partial charge in [-0.1, -0.05) is 42.5 Å². The molecule has 2 aliphatic rings. The van der Waals surface area contributed by atoms with Crippen LogP contribution in [-0.2, 0) is 24.7 Å². The van der Waals surface area contributed by atoms with Gasteiger partial charge < -0.3 is 14.4 Å². The maximum atomic E-state index is 14.2. The fourth-order valence-corrected chi connectivity index (χ4v) is 5.72. The number of rotatable bonds is 7. The van der Waals surface area contributed by atoms with Crippen LogP contribution in [0, 0.1) is 11.8 Å². The Morgan fingerprint density at radius 3 is 2.18 bits per heavy atom. The van der Waals surface area contributed by atoms with E-state index < -0.39 is 35.3 Å². The van der Waals surface area contributed by atoms with Crippen LogP contribution >= 0.6 is 0 Å². The molecule has 3 aromatic rings. The number of hydrogen-bond acceptors (Lipinski definition) is 7. The number of methoxy groups -OCH3 is 1. The first-order valence-electron chi connectivity index (χ1n) is 12.6. The lowest BCUT2D eigenvalue weighted by molar-refractivity contribution is -0.152. The van der Waals surface area contributed by atoms with E-state index in [1.807, 2.05) is 56.3 Å². The molecule has 0 aromatic heterocycles. The number of fused-ring (bicyclic) bond motifs is 1. The zero-order valence-electron chi connectivity index (χ0n) is 21.9. The molecule has 8 heteroatoms. The molecule has 0 aliphatic carbocycles. The summed E-state index contributed by atoms with van der Waals surface area (Å²) >= 11 is 0. The van der Waals surface area contributed by atoms with Gasteiger partial charge in [0.25, 0.3) is 0 Å². The maximum Gasteiger partial charge on any atom is 0.331 e. The van der Waals surface area contributed by atoms with Gasteiger partial charge in [0, 0.05) is 25.8 Å². The Kier molecular flexibility index (Phi) is 6.67. The lowest BCUT2D eigenvalue weighted by Gasteiger charge is -2.33. The Morgan fingerprint density at radius 1 is 0.947 bits per heavy atom. The first-order chi connectivity index (χ1) is 18.3. The minimum atomic E-state index is -1.54. The molecule has 196 valence electrons. The summed E-state index contributed by atoms with van der Waals surface area (Å²) in [7, 11) is 5.20. The van der Waals surface area contributed by atoms with Crippen LogP contribution in [0.5, 0.6) is 5.75 Å². The van der Waals surface area contributed by atoms with Crippen molar-refractivity contribution in [2.24, 2.45) is 11.8 Å². The number of nitrogens with one attached hydrogen (secondary N) is 1. The molecule has 0 bridgehead atoms. The Balaban J connectivity index is 1.66. The average molecular weight is 514 g/mol. The zero-order valence-corrected chi connectivity index (χ0v) is 21.9. The van der Waals surface area contributed by atoms with Crippen molar-refractivity contribution in [3.63, 3.8) is 0 Å². The molecule has 4 atom stereocenters. The van der Waals surface area contributed by atoms with Gasteiger partial charge in [-0.05, 0) is 54.4 Å². The van der Waals surface area contributed by atoms with Gasteiger partial charge in [0.2, 0.25) is 11.8 Å². The van der Waals surface area contributed by atoms with Crippen LogP contribution in [-0.4, -0.2) is 45.6 Å². The van der Waals surface area contributed by atoms with E-state index in [0.29, 0.717) is 23.6 Å². The molecule has 0 radical (unpaired) electrons. The van der Waals surface area contributed by atoms with E-state index in [2.05, 4.69) is 5.32 Å². The highest BCUT2D eigenvalue weighted by Gasteiger charge is 2.69. The maximum absolute atomic E-state index is 14.2. The van der Waals surface area contributed by atoms with Gasteiger partial charge in [0.05, 0.1) is 31.2 Å². The summed E-state index contributed by atoms with van der Waals surface area (Å²) in [6.45, 7) is 2.39. The third-order valence-corrected chi connectivity index (χ3v) is 7.47. The highest BCUT2D eigenvalue weighted by Crippen LogP contribution is 2.54. The van der Waals surface area contributed by atoms with Crippen molar-refractivity contribution in [1.82, 2.24) is 5.32 Å². The summed E-state index contributed by atoms with van der Waals surface area (Å²) in [6.07, 6.45) is 0. The van der Waals surface area contributed by atoms with Crippen LogP contribution in [0.3, 0.4) is 0 Å². The molecule has 2 amide bonds. The van der Waals surface area contributed by atoms with Crippen molar-refractivity contribution in [2.45, 2.75) is 18.5 Å². The topological polar surface area (TPSA) is 88.2 Å². The fraction of sp³-hybridized carbons (Fsp3) is 0.300. The van der Waals surface area contributed by atoms with Crippen molar-refractivity contribution < 1.29 is 23.9 Å². The largest absolute Gasteiger partial charge is 0.494 e. The number of anilines is 2. The average Bonchev–Trinajstić information content (AvgIpc) is 3.43. The minimum Gasteiger partial charge on any atom is -0.494 e.